The molecule has 0 fully saturated rings. The Morgan fingerprint density at radius 2 is 2.38 bits per heavy atom. The van der Waals surface area contributed by atoms with Gasteiger partial charge < -0.3 is 9.84 Å². The first-order chi connectivity index (χ1) is 7.75. The van der Waals surface area contributed by atoms with E-state index in [2.05, 4.69) is 20.4 Å². The Kier molecular flexibility index (Phi) is 3.09. The topological polar surface area (TPSA) is 63.8 Å². The van der Waals surface area contributed by atoms with Crippen LogP contribution in [0.2, 0.25) is 0 Å². The Balaban J connectivity index is 1.87. The fourth-order valence-corrected chi connectivity index (χ4v) is 1.25. The average Bonchev–Trinajstić information content (AvgIpc) is 2.67. The lowest BCUT2D eigenvalue weighted by atomic mass is 10.4. The molecule has 0 unspecified atom stereocenters. The molecule has 0 amide bonds. The van der Waals surface area contributed by atoms with Crippen molar-refractivity contribution >= 4 is 5.82 Å². The number of halogens is 1. The molecule has 0 aliphatic carbocycles. The summed E-state index contributed by atoms with van der Waals surface area (Å²) in [6.45, 7) is 2.23. The number of hydrogen-bond acceptors (Lipinski definition) is 5. The summed E-state index contributed by atoms with van der Waals surface area (Å²) < 4.78 is 18.0. The van der Waals surface area contributed by atoms with Crippen molar-refractivity contribution in [3.05, 3.63) is 35.9 Å². The van der Waals surface area contributed by atoms with Gasteiger partial charge in [0.1, 0.15) is 0 Å². The normalized spacial score (nSPS) is 10.4. The van der Waals surface area contributed by atoms with E-state index in [9.17, 15) is 4.39 Å². The van der Waals surface area contributed by atoms with Crippen LogP contribution in [0.25, 0.3) is 0 Å². The van der Waals surface area contributed by atoms with E-state index in [1.807, 2.05) is 0 Å². The smallest absolute Gasteiger partial charge is 0.223 e. The van der Waals surface area contributed by atoms with E-state index in [-0.39, 0.29) is 11.6 Å². The van der Waals surface area contributed by atoms with Crippen LogP contribution in [0.15, 0.2) is 22.9 Å². The van der Waals surface area contributed by atoms with Crippen molar-refractivity contribution in [2.75, 3.05) is 11.9 Å². The van der Waals surface area contributed by atoms with Gasteiger partial charge in [0.05, 0.1) is 0 Å². The summed E-state index contributed by atoms with van der Waals surface area (Å²) in [6.07, 6.45) is 2.09. The zero-order valence-electron chi connectivity index (χ0n) is 8.77. The Morgan fingerprint density at radius 3 is 3.06 bits per heavy atom. The molecule has 2 aromatic heterocycles. The second-order valence-corrected chi connectivity index (χ2v) is 3.24. The number of nitrogens with one attached hydrogen (secondary N) is 1. The number of aryl methyl sites for hydroxylation is 1. The first-order valence-electron chi connectivity index (χ1n) is 4.89. The summed E-state index contributed by atoms with van der Waals surface area (Å²) >= 11 is 0. The van der Waals surface area contributed by atoms with E-state index in [0.29, 0.717) is 24.7 Å². The van der Waals surface area contributed by atoms with Gasteiger partial charge in [0.25, 0.3) is 0 Å². The van der Waals surface area contributed by atoms with Gasteiger partial charge in [-0.2, -0.15) is 4.98 Å². The van der Waals surface area contributed by atoms with Gasteiger partial charge in [-0.3, -0.25) is 0 Å². The summed E-state index contributed by atoms with van der Waals surface area (Å²) in [6, 6.07) is 2.90. The van der Waals surface area contributed by atoms with E-state index < -0.39 is 0 Å². The first-order valence-corrected chi connectivity index (χ1v) is 4.89. The minimum atomic E-state index is -0.369. The molecule has 5 nitrogen and oxygen atoms in total. The summed E-state index contributed by atoms with van der Waals surface area (Å²) in [5.74, 6) is 0.995. The lowest BCUT2D eigenvalue weighted by Gasteiger charge is -2.03. The van der Waals surface area contributed by atoms with Crippen LogP contribution in [-0.2, 0) is 6.42 Å². The summed E-state index contributed by atoms with van der Waals surface area (Å²) in [4.78, 5) is 7.90. The number of nitrogens with zero attached hydrogens (tertiary/aromatic N) is 3. The number of aromatic nitrogens is 3. The molecule has 0 bridgehead atoms. The lowest BCUT2D eigenvalue weighted by Crippen LogP contribution is -2.08. The largest absolute Gasteiger partial charge is 0.367 e. The van der Waals surface area contributed by atoms with Crippen molar-refractivity contribution in [2.24, 2.45) is 0 Å². The molecule has 0 aromatic carbocycles. The van der Waals surface area contributed by atoms with E-state index in [0.717, 1.165) is 0 Å². The maximum Gasteiger partial charge on any atom is 0.223 e. The molecule has 2 aromatic rings. The zero-order chi connectivity index (χ0) is 11.4. The van der Waals surface area contributed by atoms with Crippen LogP contribution in [0, 0.1) is 12.7 Å². The predicted molar refractivity (Wildman–Crippen MR) is 55.4 cm³/mol. The summed E-state index contributed by atoms with van der Waals surface area (Å²) in [5.41, 5.74) is 0. The molecule has 1 N–H and O–H groups in total. The van der Waals surface area contributed by atoms with Crippen molar-refractivity contribution in [3.63, 3.8) is 0 Å². The fourth-order valence-electron chi connectivity index (χ4n) is 1.25. The number of pyridine rings is 1. The molecule has 0 saturated heterocycles. The third-order valence-electron chi connectivity index (χ3n) is 1.97. The van der Waals surface area contributed by atoms with Gasteiger partial charge in [0.2, 0.25) is 5.89 Å². The van der Waals surface area contributed by atoms with E-state index in [4.69, 9.17) is 4.52 Å². The maximum atomic E-state index is 13.1. The molecule has 0 atom stereocenters. The number of hydrogen-bond donors (Lipinski definition) is 1. The quantitative estimate of drug-likeness (QED) is 0.850. The van der Waals surface area contributed by atoms with Crippen molar-refractivity contribution in [1.29, 1.82) is 0 Å². The van der Waals surface area contributed by atoms with Crippen molar-refractivity contribution in [3.8, 4) is 0 Å². The van der Waals surface area contributed by atoms with Crippen molar-refractivity contribution in [1.82, 2.24) is 15.1 Å². The van der Waals surface area contributed by atoms with Gasteiger partial charge in [0, 0.05) is 26.1 Å². The molecule has 16 heavy (non-hydrogen) atoms. The monoisotopic (exact) mass is 222 g/mol. The van der Waals surface area contributed by atoms with Gasteiger partial charge in [-0.1, -0.05) is 5.16 Å². The average molecular weight is 222 g/mol. The van der Waals surface area contributed by atoms with Gasteiger partial charge in [-0.15, -0.1) is 0 Å². The van der Waals surface area contributed by atoms with Crippen LogP contribution in [0.1, 0.15) is 11.7 Å². The standard InChI is InChI=1S/C10H11FN4O/c1-7-14-9(15-16-7)4-6-13-10-8(11)3-2-5-12-10/h2-3,5H,4,6H2,1H3,(H,12,13). The van der Waals surface area contributed by atoms with Gasteiger partial charge in [-0.05, 0) is 12.1 Å². The summed E-state index contributed by atoms with van der Waals surface area (Å²) in [5, 5.41) is 6.59. The van der Waals surface area contributed by atoms with E-state index in [1.54, 1.807) is 13.0 Å². The zero-order valence-corrected chi connectivity index (χ0v) is 8.77. The predicted octanol–water partition coefficient (Wildman–Crippen LogP) is 1.57. The number of anilines is 1. The highest BCUT2D eigenvalue weighted by Gasteiger charge is 2.04. The minimum absolute atomic E-state index is 0.239. The Hall–Kier alpha value is -1.98. The second kappa shape index (κ2) is 4.69. The molecule has 0 aliphatic heterocycles. The fraction of sp³-hybridized carbons (Fsp3) is 0.300. The molecule has 84 valence electrons. The van der Waals surface area contributed by atoms with Gasteiger partial charge in [-0.25, -0.2) is 9.37 Å². The number of rotatable bonds is 4. The highest BCUT2D eigenvalue weighted by atomic mass is 19.1. The molecule has 0 radical (unpaired) electrons. The molecular weight excluding hydrogens is 211 g/mol. The highest BCUT2D eigenvalue weighted by molar-refractivity contribution is 5.35. The van der Waals surface area contributed by atoms with Crippen molar-refractivity contribution < 1.29 is 8.91 Å². The lowest BCUT2D eigenvalue weighted by molar-refractivity contribution is 0.387. The third kappa shape index (κ3) is 2.53. The van der Waals surface area contributed by atoms with E-state index in [1.165, 1.54) is 12.3 Å². The molecule has 2 heterocycles. The molecule has 2 rings (SSSR count). The third-order valence-corrected chi connectivity index (χ3v) is 1.97. The SMILES string of the molecule is Cc1nc(CCNc2ncccc2F)no1. The summed E-state index contributed by atoms with van der Waals surface area (Å²) in [7, 11) is 0. The first kappa shape index (κ1) is 10.5. The van der Waals surface area contributed by atoms with Crippen LogP contribution in [0.5, 0.6) is 0 Å². The van der Waals surface area contributed by atoms with Crippen LogP contribution < -0.4 is 5.32 Å². The van der Waals surface area contributed by atoms with Crippen LogP contribution in [-0.4, -0.2) is 21.7 Å². The van der Waals surface area contributed by atoms with Crippen molar-refractivity contribution in [2.45, 2.75) is 13.3 Å². The second-order valence-electron chi connectivity index (χ2n) is 3.24. The van der Waals surface area contributed by atoms with E-state index >= 15 is 0 Å². The molecular formula is C10H11FN4O. The van der Waals surface area contributed by atoms with Crippen LogP contribution in [0.3, 0.4) is 0 Å². The van der Waals surface area contributed by atoms with Crippen LogP contribution in [0.4, 0.5) is 10.2 Å². The maximum absolute atomic E-state index is 13.1. The molecule has 0 spiro atoms. The molecule has 6 heteroatoms. The minimum Gasteiger partial charge on any atom is -0.367 e. The highest BCUT2D eigenvalue weighted by Crippen LogP contribution is 2.08. The van der Waals surface area contributed by atoms with Gasteiger partial charge in [0.15, 0.2) is 17.5 Å². The van der Waals surface area contributed by atoms with Crippen LogP contribution >= 0.6 is 0 Å². The Bertz CT molecular complexity index is 471. The Morgan fingerprint density at radius 1 is 1.50 bits per heavy atom. The Labute approximate surface area is 91.7 Å². The van der Waals surface area contributed by atoms with Gasteiger partial charge >= 0.3 is 0 Å². The molecule has 0 saturated carbocycles. The molecule has 0 aliphatic rings.